The van der Waals surface area contributed by atoms with Gasteiger partial charge in [0, 0.05) is 45.0 Å². The Balaban J connectivity index is 2.70. The Morgan fingerprint density at radius 3 is 2.39 bits per heavy atom. The van der Waals surface area contributed by atoms with Gasteiger partial charge < -0.3 is 30.9 Å². The molecule has 0 aliphatic heterocycles. The molecule has 1 heterocycles. The van der Waals surface area contributed by atoms with Crippen molar-refractivity contribution in [3.63, 3.8) is 0 Å². The van der Waals surface area contributed by atoms with Crippen molar-refractivity contribution in [1.82, 2.24) is 15.6 Å². The van der Waals surface area contributed by atoms with Gasteiger partial charge in [-0.05, 0) is 62.0 Å². The molecule has 1 aromatic rings. The maximum absolute atomic E-state index is 13.0. The molecule has 0 unspecified atom stereocenters. The van der Waals surface area contributed by atoms with Gasteiger partial charge in [0.25, 0.3) is 5.91 Å². The third-order valence-corrected chi connectivity index (χ3v) is 6.99. The molecule has 38 heavy (non-hydrogen) atoms. The van der Waals surface area contributed by atoms with Crippen LogP contribution >= 0.6 is 0 Å². The summed E-state index contributed by atoms with van der Waals surface area (Å²) in [6.07, 6.45) is 5.23. The van der Waals surface area contributed by atoms with E-state index < -0.39 is 12.1 Å². The normalized spacial score (nSPS) is 14.7. The number of hydrogen-bond donors (Lipinski definition) is 4. The van der Waals surface area contributed by atoms with Gasteiger partial charge in [-0.3, -0.25) is 9.59 Å². The van der Waals surface area contributed by atoms with Crippen molar-refractivity contribution in [2.24, 2.45) is 29.4 Å². The molecular formula is C29H52N4O5. The molecule has 0 bridgehead atoms. The first-order valence-corrected chi connectivity index (χ1v) is 14.2. The summed E-state index contributed by atoms with van der Waals surface area (Å²) in [6, 6.07) is 2.98. The van der Waals surface area contributed by atoms with Crippen molar-refractivity contribution in [2.45, 2.75) is 85.3 Å². The third-order valence-electron chi connectivity index (χ3n) is 6.99. The molecule has 4 atom stereocenters. The minimum absolute atomic E-state index is 0.0283. The average Bonchev–Trinajstić information content (AvgIpc) is 2.88. The number of pyridine rings is 1. The molecule has 0 aliphatic carbocycles. The van der Waals surface area contributed by atoms with E-state index in [0.29, 0.717) is 44.9 Å². The monoisotopic (exact) mass is 536 g/mol. The van der Waals surface area contributed by atoms with Crippen LogP contribution in [-0.2, 0) is 9.53 Å². The number of carbonyl (C=O) groups excluding carboxylic acids is 2. The van der Waals surface area contributed by atoms with Crippen LogP contribution < -0.4 is 21.1 Å². The quantitative estimate of drug-likeness (QED) is 0.187. The van der Waals surface area contributed by atoms with Crippen LogP contribution in [0, 0.1) is 23.7 Å². The summed E-state index contributed by atoms with van der Waals surface area (Å²) >= 11 is 0. The molecule has 0 aliphatic rings. The van der Waals surface area contributed by atoms with Crippen LogP contribution in [0.4, 0.5) is 0 Å². The highest BCUT2D eigenvalue weighted by Crippen LogP contribution is 2.23. The van der Waals surface area contributed by atoms with Gasteiger partial charge in [-0.1, -0.05) is 41.0 Å². The minimum Gasteiger partial charge on any atom is -0.491 e. The zero-order chi connectivity index (χ0) is 28.5. The summed E-state index contributed by atoms with van der Waals surface area (Å²) in [5, 5.41) is 16.9. The Labute approximate surface area is 229 Å². The molecule has 9 heteroatoms. The van der Waals surface area contributed by atoms with E-state index in [1.54, 1.807) is 25.4 Å². The number of methoxy groups -OCH3 is 1. The van der Waals surface area contributed by atoms with Gasteiger partial charge in [0.05, 0.1) is 12.7 Å². The van der Waals surface area contributed by atoms with E-state index in [9.17, 15) is 14.7 Å². The van der Waals surface area contributed by atoms with Crippen molar-refractivity contribution in [1.29, 1.82) is 0 Å². The SMILES string of the molecule is CCCCNC(=O)[C@@H](C[C@H](O)[C@@H](N)C[C@H](CNC(=O)c1ncccc1OCCCCOC)C(C)C)C(C)C. The minimum atomic E-state index is -0.815. The molecule has 1 aromatic heterocycles. The van der Waals surface area contributed by atoms with Gasteiger partial charge in [-0.2, -0.15) is 0 Å². The molecule has 0 aromatic carbocycles. The topological polar surface area (TPSA) is 136 Å². The summed E-state index contributed by atoms with van der Waals surface area (Å²) in [4.78, 5) is 29.9. The number of nitrogens with two attached hydrogens (primary N) is 1. The zero-order valence-electron chi connectivity index (χ0n) is 24.4. The van der Waals surface area contributed by atoms with Gasteiger partial charge in [0.15, 0.2) is 11.4 Å². The Morgan fingerprint density at radius 2 is 1.76 bits per heavy atom. The average molecular weight is 537 g/mol. The van der Waals surface area contributed by atoms with E-state index in [2.05, 4.69) is 36.4 Å². The van der Waals surface area contributed by atoms with Gasteiger partial charge in [0.1, 0.15) is 0 Å². The van der Waals surface area contributed by atoms with Crippen molar-refractivity contribution in [3.8, 4) is 5.75 Å². The van der Waals surface area contributed by atoms with E-state index in [4.69, 9.17) is 15.2 Å². The number of rotatable bonds is 20. The van der Waals surface area contributed by atoms with Crippen LogP contribution in [0.3, 0.4) is 0 Å². The molecule has 2 amide bonds. The lowest BCUT2D eigenvalue weighted by atomic mass is 9.83. The first-order valence-electron chi connectivity index (χ1n) is 14.2. The van der Waals surface area contributed by atoms with E-state index in [1.165, 1.54) is 0 Å². The number of unbranched alkanes of at least 4 members (excludes halogenated alkanes) is 2. The number of hydrogen-bond acceptors (Lipinski definition) is 7. The van der Waals surface area contributed by atoms with Gasteiger partial charge in [0.2, 0.25) is 5.91 Å². The first-order chi connectivity index (χ1) is 18.1. The molecule has 0 radical (unpaired) electrons. The smallest absolute Gasteiger partial charge is 0.273 e. The van der Waals surface area contributed by atoms with Crippen LogP contribution in [0.15, 0.2) is 18.3 Å². The molecule has 0 saturated carbocycles. The maximum atomic E-state index is 13.0. The van der Waals surface area contributed by atoms with Crippen LogP contribution in [0.5, 0.6) is 5.75 Å². The highest BCUT2D eigenvalue weighted by molar-refractivity contribution is 5.94. The van der Waals surface area contributed by atoms with Crippen molar-refractivity contribution >= 4 is 11.8 Å². The Kier molecular flexibility index (Phi) is 16.8. The number of nitrogens with one attached hydrogen (secondary N) is 2. The molecule has 1 rings (SSSR count). The van der Waals surface area contributed by atoms with Crippen molar-refractivity contribution < 1.29 is 24.2 Å². The lowest BCUT2D eigenvalue weighted by Gasteiger charge is -2.30. The predicted octanol–water partition coefficient (Wildman–Crippen LogP) is 3.55. The number of ether oxygens (including phenoxy) is 2. The van der Waals surface area contributed by atoms with E-state index >= 15 is 0 Å². The van der Waals surface area contributed by atoms with E-state index in [-0.39, 0.29) is 41.2 Å². The maximum Gasteiger partial charge on any atom is 0.273 e. The van der Waals surface area contributed by atoms with Crippen LogP contribution in [-0.4, -0.2) is 67.5 Å². The Hall–Kier alpha value is -2.23. The fraction of sp³-hybridized carbons (Fsp3) is 0.759. The molecule has 0 saturated heterocycles. The van der Waals surface area contributed by atoms with E-state index in [1.807, 2.05) is 13.8 Å². The zero-order valence-corrected chi connectivity index (χ0v) is 24.4. The van der Waals surface area contributed by atoms with Gasteiger partial charge >= 0.3 is 0 Å². The molecular weight excluding hydrogens is 484 g/mol. The number of amides is 2. The van der Waals surface area contributed by atoms with E-state index in [0.717, 1.165) is 25.7 Å². The summed E-state index contributed by atoms with van der Waals surface area (Å²) in [7, 11) is 1.67. The number of aliphatic hydroxyl groups is 1. The summed E-state index contributed by atoms with van der Waals surface area (Å²) < 4.78 is 10.9. The fourth-order valence-corrected chi connectivity index (χ4v) is 4.25. The first kappa shape index (κ1) is 33.8. The molecule has 218 valence electrons. The second-order valence-corrected chi connectivity index (χ2v) is 10.8. The number of aromatic nitrogens is 1. The molecule has 9 nitrogen and oxygen atoms in total. The summed E-state index contributed by atoms with van der Waals surface area (Å²) in [5.41, 5.74) is 6.67. The summed E-state index contributed by atoms with van der Waals surface area (Å²) in [5.74, 6) is 0.178. The molecule has 5 N–H and O–H groups in total. The van der Waals surface area contributed by atoms with Crippen LogP contribution in [0.25, 0.3) is 0 Å². The fourth-order valence-electron chi connectivity index (χ4n) is 4.25. The second-order valence-electron chi connectivity index (χ2n) is 10.8. The van der Waals surface area contributed by atoms with Crippen molar-refractivity contribution in [2.75, 3.05) is 33.4 Å². The van der Waals surface area contributed by atoms with Crippen LogP contribution in [0.1, 0.15) is 83.6 Å². The largest absolute Gasteiger partial charge is 0.491 e. The number of nitrogens with zero attached hydrogens (tertiary/aromatic N) is 1. The van der Waals surface area contributed by atoms with Crippen molar-refractivity contribution in [3.05, 3.63) is 24.0 Å². The molecule has 0 spiro atoms. The summed E-state index contributed by atoms with van der Waals surface area (Å²) in [6.45, 7) is 12.4. The number of carbonyl (C=O) groups is 2. The van der Waals surface area contributed by atoms with Crippen LogP contribution in [0.2, 0.25) is 0 Å². The lowest BCUT2D eigenvalue weighted by molar-refractivity contribution is -0.127. The third kappa shape index (κ3) is 12.5. The predicted molar refractivity (Wildman–Crippen MR) is 151 cm³/mol. The standard InChI is InChI=1S/C29H52N4O5/c1-7-8-13-32-28(35)23(21(4)5)18-25(34)24(30)17-22(20(2)3)19-33-29(36)27-26(12-11-14-31-27)38-16-10-9-15-37-6/h11-12,14,20-25,34H,7-10,13,15-19,30H2,1-6H3,(H,32,35)(H,33,36)/t22-,23+,24+,25+/m1/s1. The molecule has 0 fully saturated rings. The number of aliphatic hydroxyl groups excluding tert-OH is 1. The lowest BCUT2D eigenvalue weighted by Crippen LogP contribution is -2.44. The van der Waals surface area contributed by atoms with Gasteiger partial charge in [-0.15, -0.1) is 0 Å². The Bertz CT molecular complexity index is 805. The highest BCUT2D eigenvalue weighted by atomic mass is 16.5. The van der Waals surface area contributed by atoms with Gasteiger partial charge in [-0.25, -0.2) is 4.98 Å². The second kappa shape index (κ2) is 18.9. The Morgan fingerprint density at radius 1 is 1.05 bits per heavy atom. The highest BCUT2D eigenvalue weighted by Gasteiger charge is 2.29.